The van der Waals surface area contributed by atoms with E-state index in [0.29, 0.717) is 18.2 Å². The van der Waals surface area contributed by atoms with E-state index < -0.39 is 6.09 Å². The summed E-state index contributed by atoms with van der Waals surface area (Å²) >= 11 is 5.75. The lowest BCUT2D eigenvalue weighted by atomic mass is 10.1. The minimum atomic E-state index is -0.411. The Labute approximate surface area is 154 Å². The first-order valence-corrected chi connectivity index (χ1v) is 9.55. The van der Waals surface area contributed by atoms with Gasteiger partial charge in [-0.25, -0.2) is 4.79 Å². The molecule has 2 aromatic rings. The molecular formula is C19H28ClN3O2. The quantitative estimate of drug-likeness (QED) is 0.491. The van der Waals surface area contributed by atoms with Gasteiger partial charge in [0, 0.05) is 36.1 Å². The number of alkyl halides is 1. The number of aromatic amines is 1. The molecule has 0 aliphatic heterocycles. The first-order chi connectivity index (χ1) is 12.2. The van der Waals surface area contributed by atoms with Crippen molar-refractivity contribution in [3.05, 3.63) is 30.0 Å². The molecule has 0 unspecified atom stereocenters. The number of hydrogen-bond acceptors (Lipinski definition) is 3. The van der Waals surface area contributed by atoms with E-state index in [-0.39, 0.29) is 0 Å². The molecule has 138 valence electrons. The normalized spacial score (nSPS) is 11.2. The molecule has 0 saturated carbocycles. The number of amides is 1. The van der Waals surface area contributed by atoms with E-state index in [0.717, 1.165) is 49.8 Å². The molecule has 1 aromatic heterocycles. The monoisotopic (exact) mass is 365 g/mol. The zero-order valence-corrected chi connectivity index (χ0v) is 15.9. The number of aromatic nitrogens is 1. The van der Waals surface area contributed by atoms with Crippen molar-refractivity contribution in [2.45, 2.75) is 33.1 Å². The van der Waals surface area contributed by atoms with E-state index >= 15 is 0 Å². The van der Waals surface area contributed by atoms with Crippen LogP contribution in [0.5, 0.6) is 5.75 Å². The highest BCUT2D eigenvalue weighted by Crippen LogP contribution is 2.25. The Bertz CT molecular complexity index is 668. The van der Waals surface area contributed by atoms with Crippen molar-refractivity contribution in [3.63, 3.8) is 0 Å². The van der Waals surface area contributed by atoms with Gasteiger partial charge in [-0.2, -0.15) is 0 Å². The van der Waals surface area contributed by atoms with Gasteiger partial charge in [-0.15, -0.1) is 11.6 Å². The number of halogens is 1. The lowest BCUT2D eigenvalue weighted by molar-refractivity contribution is 0.197. The predicted molar refractivity (Wildman–Crippen MR) is 104 cm³/mol. The maximum absolute atomic E-state index is 12.0. The molecule has 0 saturated heterocycles. The maximum Gasteiger partial charge on any atom is 0.412 e. The van der Waals surface area contributed by atoms with Gasteiger partial charge in [0.1, 0.15) is 5.75 Å². The van der Waals surface area contributed by atoms with Crippen molar-refractivity contribution in [3.8, 4) is 5.75 Å². The molecule has 0 atom stereocenters. The van der Waals surface area contributed by atoms with Crippen molar-refractivity contribution >= 4 is 28.6 Å². The third-order valence-electron chi connectivity index (χ3n) is 4.37. The molecule has 0 aliphatic carbocycles. The molecule has 0 bridgehead atoms. The number of ether oxygens (including phenoxy) is 1. The van der Waals surface area contributed by atoms with Crippen LogP contribution >= 0.6 is 11.6 Å². The Morgan fingerprint density at radius 3 is 2.80 bits per heavy atom. The van der Waals surface area contributed by atoms with Crippen LogP contribution in [0, 0.1) is 0 Å². The average molecular weight is 366 g/mol. The van der Waals surface area contributed by atoms with Crippen molar-refractivity contribution in [1.82, 2.24) is 15.2 Å². The molecule has 1 heterocycles. The van der Waals surface area contributed by atoms with Gasteiger partial charge < -0.3 is 19.9 Å². The number of hydrogen-bond donors (Lipinski definition) is 2. The van der Waals surface area contributed by atoms with E-state index in [2.05, 4.69) is 29.0 Å². The molecule has 2 rings (SSSR count). The number of carbonyl (C=O) groups excluding carboxylic acids is 1. The summed E-state index contributed by atoms with van der Waals surface area (Å²) in [6.07, 6.45) is 4.62. The summed E-state index contributed by atoms with van der Waals surface area (Å²) in [5, 5.41) is 3.90. The molecule has 1 amide bonds. The topological polar surface area (TPSA) is 57.4 Å². The van der Waals surface area contributed by atoms with Crippen LogP contribution in [0.1, 0.15) is 32.3 Å². The Hall–Kier alpha value is -1.72. The highest BCUT2D eigenvalue weighted by Gasteiger charge is 2.09. The molecule has 0 spiro atoms. The maximum atomic E-state index is 12.0. The van der Waals surface area contributed by atoms with Crippen molar-refractivity contribution in [2.24, 2.45) is 0 Å². The lowest BCUT2D eigenvalue weighted by Gasteiger charge is -2.17. The zero-order valence-electron chi connectivity index (χ0n) is 15.1. The number of carbonyl (C=O) groups is 1. The zero-order chi connectivity index (χ0) is 18.1. The van der Waals surface area contributed by atoms with Gasteiger partial charge in [0.05, 0.1) is 0 Å². The predicted octanol–water partition coefficient (Wildman–Crippen LogP) is 4.16. The minimum absolute atomic E-state index is 0.411. The molecule has 25 heavy (non-hydrogen) atoms. The molecule has 0 fully saturated rings. The lowest BCUT2D eigenvalue weighted by Crippen LogP contribution is -2.36. The van der Waals surface area contributed by atoms with Crippen molar-refractivity contribution in [2.75, 3.05) is 32.1 Å². The summed E-state index contributed by atoms with van der Waals surface area (Å²) in [6.45, 7) is 7.57. The highest BCUT2D eigenvalue weighted by molar-refractivity contribution is 6.17. The molecule has 0 radical (unpaired) electrons. The fourth-order valence-electron chi connectivity index (χ4n) is 2.84. The Morgan fingerprint density at radius 2 is 2.08 bits per heavy atom. The molecule has 6 heteroatoms. The van der Waals surface area contributed by atoms with Gasteiger partial charge in [-0.1, -0.05) is 13.8 Å². The van der Waals surface area contributed by atoms with Gasteiger partial charge >= 0.3 is 6.09 Å². The van der Waals surface area contributed by atoms with E-state index in [9.17, 15) is 4.79 Å². The number of nitrogens with zero attached hydrogens (tertiary/aromatic N) is 1. The summed E-state index contributed by atoms with van der Waals surface area (Å²) in [4.78, 5) is 17.5. The summed E-state index contributed by atoms with van der Waals surface area (Å²) in [5.41, 5.74) is 2.28. The summed E-state index contributed by atoms with van der Waals surface area (Å²) in [7, 11) is 0. The number of unbranched alkanes of at least 4 members (excludes halogenated alkanes) is 1. The molecule has 2 N–H and O–H groups in total. The van der Waals surface area contributed by atoms with Crippen LogP contribution in [0.2, 0.25) is 0 Å². The third-order valence-corrected chi connectivity index (χ3v) is 4.64. The van der Waals surface area contributed by atoms with Gasteiger partial charge in [-0.3, -0.25) is 0 Å². The van der Waals surface area contributed by atoms with Crippen LogP contribution in [0.25, 0.3) is 10.9 Å². The SMILES string of the molecule is CCN(CC)CCNC(=O)Oc1ccc2[nH]cc(CCCCCl)c2c1. The Balaban J connectivity index is 1.91. The Morgan fingerprint density at radius 1 is 1.28 bits per heavy atom. The first kappa shape index (κ1) is 19.6. The number of H-pyrrole nitrogens is 1. The largest absolute Gasteiger partial charge is 0.412 e. The van der Waals surface area contributed by atoms with Gasteiger partial charge in [0.2, 0.25) is 0 Å². The van der Waals surface area contributed by atoms with Crippen LogP contribution in [-0.4, -0.2) is 48.0 Å². The highest BCUT2D eigenvalue weighted by atomic mass is 35.5. The van der Waals surface area contributed by atoms with Gasteiger partial charge in [0.15, 0.2) is 0 Å². The fraction of sp³-hybridized carbons (Fsp3) is 0.526. The molecule has 5 nitrogen and oxygen atoms in total. The third kappa shape index (κ3) is 5.94. The van der Waals surface area contributed by atoms with Crippen LogP contribution in [0.3, 0.4) is 0 Å². The van der Waals surface area contributed by atoms with Crippen LogP contribution in [-0.2, 0) is 6.42 Å². The number of aryl methyl sites for hydroxylation is 1. The van der Waals surface area contributed by atoms with E-state index in [1.807, 2.05) is 24.4 Å². The number of fused-ring (bicyclic) bond motifs is 1. The second kappa shape index (κ2) is 10.3. The van der Waals surface area contributed by atoms with Crippen molar-refractivity contribution in [1.29, 1.82) is 0 Å². The number of likely N-dealkylation sites (N-methyl/N-ethyl adjacent to an activating group) is 1. The molecule has 0 aliphatic rings. The van der Waals surface area contributed by atoms with E-state index in [1.54, 1.807) is 0 Å². The fourth-order valence-corrected chi connectivity index (χ4v) is 3.03. The second-order valence-electron chi connectivity index (χ2n) is 6.01. The van der Waals surface area contributed by atoms with Crippen LogP contribution in [0.15, 0.2) is 24.4 Å². The number of nitrogens with one attached hydrogen (secondary N) is 2. The summed E-state index contributed by atoms with van der Waals surface area (Å²) in [5.74, 6) is 1.25. The van der Waals surface area contributed by atoms with Gasteiger partial charge in [-0.05, 0) is 56.1 Å². The smallest absolute Gasteiger partial charge is 0.410 e. The van der Waals surface area contributed by atoms with Crippen LogP contribution in [0.4, 0.5) is 4.79 Å². The number of benzene rings is 1. The first-order valence-electron chi connectivity index (χ1n) is 9.02. The number of rotatable bonds is 10. The Kier molecular flexibility index (Phi) is 8.09. The van der Waals surface area contributed by atoms with Crippen molar-refractivity contribution < 1.29 is 9.53 Å². The average Bonchev–Trinajstić information content (AvgIpc) is 3.01. The van der Waals surface area contributed by atoms with E-state index in [4.69, 9.17) is 16.3 Å². The van der Waals surface area contributed by atoms with E-state index in [1.165, 1.54) is 5.56 Å². The minimum Gasteiger partial charge on any atom is -0.410 e. The summed E-state index contributed by atoms with van der Waals surface area (Å²) < 4.78 is 5.42. The second-order valence-corrected chi connectivity index (χ2v) is 6.39. The molecular weight excluding hydrogens is 338 g/mol. The summed E-state index contributed by atoms with van der Waals surface area (Å²) in [6, 6.07) is 5.68. The van der Waals surface area contributed by atoms with Gasteiger partial charge in [0.25, 0.3) is 0 Å². The molecule has 1 aromatic carbocycles. The standard InChI is InChI=1S/C19H28ClN3O2/c1-3-23(4-2)12-11-21-19(24)25-16-8-9-18-17(13-16)15(14-22-18)7-5-6-10-20/h8-9,13-14,22H,3-7,10-12H2,1-2H3,(H,21,24). The van der Waals surface area contributed by atoms with Crippen LogP contribution < -0.4 is 10.1 Å².